The van der Waals surface area contributed by atoms with Crippen molar-refractivity contribution in [3.63, 3.8) is 0 Å². The molecule has 3 nitrogen and oxygen atoms in total. The number of carbonyl (C=O) groups excluding carboxylic acids is 1. The summed E-state index contributed by atoms with van der Waals surface area (Å²) < 4.78 is 5.22. The Morgan fingerprint density at radius 2 is 2.05 bits per heavy atom. The van der Waals surface area contributed by atoms with Crippen molar-refractivity contribution in [1.82, 2.24) is 4.90 Å². The third-order valence-electron chi connectivity index (χ3n) is 4.59. The van der Waals surface area contributed by atoms with Crippen LogP contribution in [0.15, 0.2) is 36.4 Å². The molecule has 1 saturated heterocycles. The smallest absolute Gasteiger partial charge is 0.157 e. The Hall–Kier alpha value is -1.61. The molecule has 0 saturated carbocycles. The predicted octanol–water partition coefficient (Wildman–Crippen LogP) is 2.17. The minimum absolute atomic E-state index is 0.00503. The van der Waals surface area contributed by atoms with Crippen molar-refractivity contribution in [2.45, 2.75) is 24.3 Å². The highest BCUT2D eigenvalue weighted by molar-refractivity contribution is 5.92. The molecule has 3 rings (SSSR count). The van der Waals surface area contributed by atoms with Gasteiger partial charge in [0, 0.05) is 17.9 Å². The van der Waals surface area contributed by atoms with Crippen molar-refractivity contribution in [3.8, 4) is 5.75 Å². The van der Waals surface area contributed by atoms with Gasteiger partial charge in [0.25, 0.3) is 0 Å². The molecule has 1 aromatic carbocycles. The number of ketones is 1. The molecule has 19 heavy (non-hydrogen) atoms. The lowest BCUT2D eigenvalue weighted by molar-refractivity contribution is -0.116. The number of rotatable bonds is 2. The molecular formula is C16H19NO2. The van der Waals surface area contributed by atoms with Crippen LogP contribution in [0.4, 0.5) is 0 Å². The summed E-state index contributed by atoms with van der Waals surface area (Å²) >= 11 is 0. The summed E-state index contributed by atoms with van der Waals surface area (Å²) in [4.78, 5) is 14.0. The highest BCUT2D eigenvalue weighted by Crippen LogP contribution is 2.44. The van der Waals surface area contributed by atoms with E-state index in [-0.39, 0.29) is 11.2 Å². The molecule has 0 aromatic heterocycles. The van der Waals surface area contributed by atoms with Crippen LogP contribution >= 0.6 is 0 Å². The monoisotopic (exact) mass is 257 g/mol. The van der Waals surface area contributed by atoms with Gasteiger partial charge >= 0.3 is 0 Å². The van der Waals surface area contributed by atoms with Crippen LogP contribution in [0, 0.1) is 0 Å². The molecule has 0 amide bonds. The van der Waals surface area contributed by atoms with E-state index in [1.165, 1.54) is 5.56 Å². The van der Waals surface area contributed by atoms with Gasteiger partial charge in [0.2, 0.25) is 0 Å². The number of benzene rings is 1. The lowest BCUT2D eigenvalue weighted by Crippen LogP contribution is -2.43. The topological polar surface area (TPSA) is 29.5 Å². The van der Waals surface area contributed by atoms with E-state index in [0.717, 1.165) is 18.7 Å². The summed E-state index contributed by atoms with van der Waals surface area (Å²) in [6.45, 7) is 1.04. The maximum atomic E-state index is 11.7. The maximum Gasteiger partial charge on any atom is 0.157 e. The second-order valence-corrected chi connectivity index (χ2v) is 5.52. The van der Waals surface area contributed by atoms with E-state index in [1.807, 2.05) is 12.1 Å². The number of ether oxygens (including phenoxy) is 1. The zero-order chi connectivity index (χ0) is 13.5. The van der Waals surface area contributed by atoms with E-state index < -0.39 is 0 Å². The Kier molecular flexibility index (Phi) is 2.94. The number of likely N-dealkylation sites (tertiary alicyclic amines) is 1. The number of methoxy groups -OCH3 is 1. The van der Waals surface area contributed by atoms with Crippen molar-refractivity contribution in [3.05, 3.63) is 42.0 Å². The van der Waals surface area contributed by atoms with Crippen LogP contribution in [0.25, 0.3) is 0 Å². The van der Waals surface area contributed by atoms with E-state index >= 15 is 0 Å². The molecule has 0 spiro atoms. The Labute approximate surface area is 113 Å². The van der Waals surface area contributed by atoms with Gasteiger partial charge in [-0.15, -0.1) is 0 Å². The molecule has 3 heteroatoms. The van der Waals surface area contributed by atoms with Crippen molar-refractivity contribution < 1.29 is 9.53 Å². The number of allylic oxidation sites excluding steroid dienone is 1. The molecule has 1 fully saturated rings. The quantitative estimate of drug-likeness (QED) is 0.813. The fourth-order valence-electron chi connectivity index (χ4n) is 3.44. The molecule has 0 N–H and O–H groups in total. The minimum Gasteiger partial charge on any atom is -0.497 e. The molecule has 1 aromatic rings. The molecule has 2 aliphatic rings. The van der Waals surface area contributed by atoms with Crippen LogP contribution in [0.1, 0.15) is 18.4 Å². The molecule has 0 radical (unpaired) electrons. The number of hydrogen-bond donors (Lipinski definition) is 0. The lowest BCUT2D eigenvalue weighted by atomic mass is 9.70. The van der Waals surface area contributed by atoms with Gasteiger partial charge in [-0.05, 0) is 43.8 Å². The lowest BCUT2D eigenvalue weighted by Gasteiger charge is -2.37. The summed E-state index contributed by atoms with van der Waals surface area (Å²) in [5, 5.41) is 0. The number of hydrogen-bond acceptors (Lipinski definition) is 3. The van der Waals surface area contributed by atoms with Crippen molar-refractivity contribution >= 4 is 5.78 Å². The van der Waals surface area contributed by atoms with E-state index in [4.69, 9.17) is 4.74 Å². The normalized spacial score (nSPS) is 30.4. The Bertz CT molecular complexity index is 520. The second kappa shape index (κ2) is 4.49. The van der Waals surface area contributed by atoms with Crippen LogP contribution in [0.5, 0.6) is 5.75 Å². The van der Waals surface area contributed by atoms with Crippen LogP contribution in [-0.4, -0.2) is 37.4 Å². The largest absolute Gasteiger partial charge is 0.497 e. The first kappa shape index (κ1) is 12.4. The number of likely N-dealkylation sites (N-methyl/N-ethyl adjacent to an activating group) is 1. The van der Waals surface area contributed by atoms with Gasteiger partial charge in [0.05, 0.1) is 7.11 Å². The van der Waals surface area contributed by atoms with Gasteiger partial charge in [-0.25, -0.2) is 0 Å². The predicted molar refractivity (Wildman–Crippen MR) is 74.5 cm³/mol. The van der Waals surface area contributed by atoms with Gasteiger partial charge in [-0.2, -0.15) is 0 Å². The first-order valence-electron chi connectivity index (χ1n) is 6.72. The minimum atomic E-state index is -0.00503. The summed E-state index contributed by atoms with van der Waals surface area (Å²) in [7, 11) is 3.79. The van der Waals surface area contributed by atoms with Crippen LogP contribution in [0.3, 0.4) is 0 Å². The van der Waals surface area contributed by atoms with E-state index in [0.29, 0.717) is 12.5 Å². The van der Waals surface area contributed by atoms with E-state index in [2.05, 4.69) is 30.2 Å². The van der Waals surface area contributed by atoms with Gasteiger partial charge in [-0.3, -0.25) is 4.79 Å². The van der Waals surface area contributed by atoms with Crippen LogP contribution in [-0.2, 0) is 10.2 Å². The van der Waals surface area contributed by atoms with Crippen molar-refractivity contribution in [1.29, 1.82) is 0 Å². The van der Waals surface area contributed by atoms with Gasteiger partial charge in [0.15, 0.2) is 5.78 Å². The number of nitrogens with zero attached hydrogens (tertiary/aromatic N) is 1. The van der Waals surface area contributed by atoms with Gasteiger partial charge in [-0.1, -0.05) is 18.2 Å². The zero-order valence-electron chi connectivity index (χ0n) is 11.4. The van der Waals surface area contributed by atoms with Crippen LogP contribution in [0.2, 0.25) is 0 Å². The highest BCUT2D eigenvalue weighted by Gasteiger charge is 2.47. The molecule has 1 aliphatic heterocycles. The molecule has 1 heterocycles. The SMILES string of the molecule is COc1ccc([C@]23C=CC(=O)C[C@H]2N(C)CC3)cc1. The van der Waals surface area contributed by atoms with Gasteiger partial charge < -0.3 is 9.64 Å². The summed E-state index contributed by atoms with van der Waals surface area (Å²) in [6, 6.07) is 8.56. The van der Waals surface area contributed by atoms with E-state index in [1.54, 1.807) is 13.2 Å². The standard InChI is InChI=1S/C16H19NO2/c1-17-10-9-16(8-7-13(18)11-15(16)17)12-3-5-14(19-2)6-4-12/h3-8,15H,9-11H2,1-2H3/t15-,16-/m1/s1. The maximum absolute atomic E-state index is 11.7. The first-order valence-corrected chi connectivity index (χ1v) is 6.72. The summed E-state index contributed by atoms with van der Waals surface area (Å²) in [5.74, 6) is 1.11. The summed E-state index contributed by atoms with van der Waals surface area (Å²) in [6.07, 6.45) is 5.58. The van der Waals surface area contributed by atoms with Crippen molar-refractivity contribution in [2.75, 3.05) is 20.7 Å². The zero-order valence-corrected chi connectivity index (χ0v) is 11.4. The number of fused-ring (bicyclic) bond motifs is 1. The molecule has 1 aliphatic carbocycles. The van der Waals surface area contributed by atoms with Crippen molar-refractivity contribution in [2.24, 2.45) is 0 Å². The van der Waals surface area contributed by atoms with Crippen LogP contribution < -0.4 is 4.74 Å². The molecule has 0 bridgehead atoms. The Morgan fingerprint density at radius 3 is 2.74 bits per heavy atom. The molecule has 0 unspecified atom stereocenters. The average Bonchev–Trinajstić information content (AvgIpc) is 2.78. The fraction of sp³-hybridized carbons (Fsp3) is 0.438. The fourth-order valence-corrected chi connectivity index (χ4v) is 3.44. The van der Waals surface area contributed by atoms with Gasteiger partial charge in [0.1, 0.15) is 5.75 Å². The molecule has 2 atom stereocenters. The first-order chi connectivity index (χ1) is 9.15. The summed E-state index contributed by atoms with van der Waals surface area (Å²) in [5.41, 5.74) is 1.28. The van der Waals surface area contributed by atoms with E-state index in [9.17, 15) is 4.79 Å². The number of carbonyl (C=O) groups is 1. The average molecular weight is 257 g/mol. The highest BCUT2D eigenvalue weighted by atomic mass is 16.5. The third-order valence-corrected chi connectivity index (χ3v) is 4.59. The Balaban J connectivity index is 2.04. The third kappa shape index (κ3) is 1.89. The Morgan fingerprint density at radius 1 is 1.32 bits per heavy atom. The molecule has 100 valence electrons. The molecular weight excluding hydrogens is 238 g/mol. The second-order valence-electron chi connectivity index (χ2n) is 5.52.